The largest absolute Gasteiger partial charge is 0.311 e. The van der Waals surface area contributed by atoms with Crippen LogP contribution in [0.5, 0.6) is 0 Å². The van der Waals surface area contributed by atoms with Crippen molar-refractivity contribution in [1.29, 1.82) is 0 Å². The van der Waals surface area contributed by atoms with Gasteiger partial charge in [-0.2, -0.15) is 0 Å². The lowest BCUT2D eigenvalue weighted by Gasteiger charge is -2.01. The summed E-state index contributed by atoms with van der Waals surface area (Å²) in [6.45, 7) is 4.18. The molecule has 2 nitrogen and oxygen atoms in total. The molecule has 0 amide bonds. The Hall–Kier alpha value is -0.310. The maximum absolute atomic E-state index is 4.21. The Bertz CT molecular complexity index is 205. The molecule has 0 saturated carbocycles. The maximum atomic E-state index is 4.21. The molecule has 4 heteroatoms. The van der Waals surface area contributed by atoms with Crippen molar-refractivity contribution in [3.05, 3.63) is 30.1 Å². The summed E-state index contributed by atoms with van der Waals surface area (Å²) in [5.41, 5.74) is 1.12. The second kappa shape index (κ2) is 10.8. The van der Waals surface area contributed by atoms with Crippen molar-refractivity contribution in [3.8, 4) is 0 Å². The smallest absolute Gasteiger partial charge is 0.0541 e. The molecule has 0 aliphatic rings. The van der Waals surface area contributed by atoms with Gasteiger partial charge < -0.3 is 5.32 Å². The fourth-order valence-electron chi connectivity index (χ4n) is 1.02. The highest BCUT2D eigenvalue weighted by Gasteiger charge is 1.90. The maximum Gasteiger partial charge on any atom is 0.0541 e. The van der Waals surface area contributed by atoms with Crippen molar-refractivity contribution in [2.45, 2.75) is 26.3 Å². The molecule has 14 heavy (non-hydrogen) atoms. The van der Waals surface area contributed by atoms with Gasteiger partial charge in [-0.25, -0.2) is 0 Å². The predicted octanol–water partition coefficient (Wildman–Crippen LogP) is 2.81. The molecular formula is C10H18Cl2N2. The molecule has 1 heterocycles. The minimum atomic E-state index is 0. The van der Waals surface area contributed by atoms with Crippen LogP contribution in [-0.2, 0) is 6.54 Å². The van der Waals surface area contributed by atoms with Gasteiger partial charge in [-0.1, -0.05) is 19.4 Å². The summed E-state index contributed by atoms with van der Waals surface area (Å²) in [6, 6.07) is 6.00. The first-order valence-electron chi connectivity index (χ1n) is 4.54. The van der Waals surface area contributed by atoms with E-state index in [2.05, 4.69) is 17.2 Å². The van der Waals surface area contributed by atoms with E-state index in [0.717, 1.165) is 18.8 Å². The van der Waals surface area contributed by atoms with Crippen LogP contribution >= 0.6 is 24.8 Å². The summed E-state index contributed by atoms with van der Waals surface area (Å²) in [7, 11) is 0. The highest BCUT2D eigenvalue weighted by atomic mass is 35.5. The van der Waals surface area contributed by atoms with Crippen LogP contribution in [0.3, 0.4) is 0 Å². The van der Waals surface area contributed by atoms with Gasteiger partial charge in [0.2, 0.25) is 0 Å². The summed E-state index contributed by atoms with van der Waals surface area (Å²) in [6.07, 6.45) is 4.32. The van der Waals surface area contributed by atoms with Crippen molar-refractivity contribution in [2.75, 3.05) is 6.54 Å². The van der Waals surface area contributed by atoms with Crippen molar-refractivity contribution in [1.82, 2.24) is 10.3 Å². The van der Waals surface area contributed by atoms with Crippen LogP contribution in [0, 0.1) is 0 Å². The Morgan fingerprint density at radius 3 is 2.64 bits per heavy atom. The molecule has 82 valence electrons. The second-order valence-corrected chi connectivity index (χ2v) is 2.85. The van der Waals surface area contributed by atoms with Gasteiger partial charge in [-0.15, -0.1) is 24.8 Å². The monoisotopic (exact) mass is 236 g/mol. The molecule has 1 N–H and O–H groups in total. The van der Waals surface area contributed by atoms with Crippen LogP contribution in [0.25, 0.3) is 0 Å². The number of pyridine rings is 1. The third-order valence-electron chi connectivity index (χ3n) is 1.74. The van der Waals surface area contributed by atoms with Crippen molar-refractivity contribution < 1.29 is 0 Å². The molecule has 0 saturated heterocycles. The fraction of sp³-hybridized carbons (Fsp3) is 0.500. The number of rotatable bonds is 5. The molecule has 0 aliphatic carbocycles. The van der Waals surface area contributed by atoms with E-state index in [4.69, 9.17) is 0 Å². The lowest BCUT2D eigenvalue weighted by Crippen LogP contribution is -2.15. The second-order valence-electron chi connectivity index (χ2n) is 2.85. The normalized spacial score (nSPS) is 8.64. The van der Waals surface area contributed by atoms with Gasteiger partial charge in [0.15, 0.2) is 0 Å². The first kappa shape index (κ1) is 16.1. The van der Waals surface area contributed by atoms with Gasteiger partial charge in [0.25, 0.3) is 0 Å². The first-order valence-corrected chi connectivity index (χ1v) is 4.54. The quantitative estimate of drug-likeness (QED) is 0.796. The molecule has 0 unspecified atom stereocenters. The molecule has 0 radical (unpaired) electrons. The molecule has 0 atom stereocenters. The third kappa shape index (κ3) is 7.13. The van der Waals surface area contributed by atoms with Gasteiger partial charge in [0.05, 0.1) is 5.69 Å². The molecule has 1 aromatic rings. The van der Waals surface area contributed by atoms with Crippen molar-refractivity contribution in [2.24, 2.45) is 0 Å². The van der Waals surface area contributed by atoms with Gasteiger partial charge in [0, 0.05) is 12.7 Å². The molecule has 1 aromatic heterocycles. The minimum absolute atomic E-state index is 0. The molecule has 0 bridgehead atoms. The van der Waals surface area contributed by atoms with Crippen LogP contribution in [0.1, 0.15) is 25.5 Å². The van der Waals surface area contributed by atoms with E-state index < -0.39 is 0 Å². The Kier molecular flexibility index (Phi) is 12.4. The van der Waals surface area contributed by atoms with Crippen molar-refractivity contribution >= 4 is 24.8 Å². The van der Waals surface area contributed by atoms with E-state index >= 15 is 0 Å². The van der Waals surface area contributed by atoms with Gasteiger partial charge in [0.1, 0.15) is 0 Å². The van der Waals surface area contributed by atoms with Crippen LogP contribution in [-0.4, -0.2) is 11.5 Å². The zero-order valence-corrected chi connectivity index (χ0v) is 10.0. The summed E-state index contributed by atoms with van der Waals surface area (Å²) >= 11 is 0. The van der Waals surface area contributed by atoms with Crippen LogP contribution in [0.4, 0.5) is 0 Å². The Balaban J connectivity index is 0. The van der Waals surface area contributed by atoms with Gasteiger partial charge >= 0.3 is 0 Å². The van der Waals surface area contributed by atoms with Crippen molar-refractivity contribution in [3.63, 3.8) is 0 Å². The summed E-state index contributed by atoms with van der Waals surface area (Å²) in [4.78, 5) is 4.21. The standard InChI is InChI=1S/C10H16N2.2ClH/c1-2-3-7-11-9-10-6-4-5-8-12-10;;/h4-6,8,11H,2-3,7,9H2,1H3;2*1H. The van der Waals surface area contributed by atoms with Gasteiger partial charge in [-0.3, -0.25) is 4.98 Å². The number of hydrogen-bond donors (Lipinski definition) is 1. The molecular weight excluding hydrogens is 219 g/mol. The molecule has 0 spiro atoms. The summed E-state index contributed by atoms with van der Waals surface area (Å²) in [5, 5.41) is 3.34. The number of aromatic nitrogens is 1. The average Bonchev–Trinajstić information content (AvgIpc) is 2.14. The molecule has 0 aliphatic heterocycles. The number of unbranched alkanes of at least 4 members (excludes halogenated alkanes) is 1. The number of hydrogen-bond acceptors (Lipinski definition) is 2. The summed E-state index contributed by atoms with van der Waals surface area (Å²) < 4.78 is 0. The molecule has 1 rings (SSSR count). The fourth-order valence-corrected chi connectivity index (χ4v) is 1.02. The van der Waals surface area contributed by atoms with Crippen LogP contribution in [0.2, 0.25) is 0 Å². The Labute approximate surface area is 98.3 Å². The number of nitrogens with zero attached hydrogens (tertiary/aromatic N) is 1. The lowest BCUT2D eigenvalue weighted by atomic mass is 10.3. The van der Waals surface area contributed by atoms with E-state index in [1.807, 2.05) is 24.4 Å². The topological polar surface area (TPSA) is 24.9 Å². The van der Waals surface area contributed by atoms with E-state index in [-0.39, 0.29) is 24.8 Å². The van der Waals surface area contributed by atoms with E-state index in [1.54, 1.807) is 0 Å². The zero-order valence-electron chi connectivity index (χ0n) is 8.40. The van der Waals surface area contributed by atoms with Crippen LogP contribution in [0.15, 0.2) is 24.4 Å². The minimum Gasteiger partial charge on any atom is -0.311 e. The SMILES string of the molecule is CCCCNCc1ccccn1.Cl.Cl. The predicted molar refractivity (Wildman–Crippen MR) is 65.3 cm³/mol. The average molecular weight is 237 g/mol. The first-order chi connectivity index (χ1) is 5.93. The molecule has 0 aromatic carbocycles. The van der Waals surface area contributed by atoms with Crippen LogP contribution < -0.4 is 5.32 Å². The van der Waals surface area contributed by atoms with E-state index in [9.17, 15) is 0 Å². The lowest BCUT2D eigenvalue weighted by molar-refractivity contribution is 0.633. The van der Waals surface area contributed by atoms with E-state index in [0.29, 0.717) is 0 Å². The summed E-state index contributed by atoms with van der Waals surface area (Å²) in [5.74, 6) is 0. The van der Waals surface area contributed by atoms with E-state index in [1.165, 1.54) is 12.8 Å². The number of nitrogens with one attached hydrogen (secondary N) is 1. The highest BCUT2D eigenvalue weighted by Crippen LogP contribution is 1.92. The Morgan fingerprint density at radius 2 is 2.07 bits per heavy atom. The zero-order chi connectivity index (χ0) is 8.65. The molecule has 0 fully saturated rings. The number of halogens is 2. The van der Waals surface area contributed by atoms with Gasteiger partial charge in [-0.05, 0) is 25.1 Å². The Morgan fingerprint density at radius 1 is 1.29 bits per heavy atom. The highest BCUT2D eigenvalue weighted by molar-refractivity contribution is 5.85. The third-order valence-corrected chi connectivity index (χ3v) is 1.74.